The zero-order chi connectivity index (χ0) is 44.2. The molecule has 0 spiro atoms. The number of rotatable bonds is 11. The van der Waals surface area contributed by atoms with Gasteiger partial charge in [-0.05, 0) is 110 Å². The summed E-state index contributed by atoms with van der Waals surface area (Å²) in [4.78, 5) is 4.13. The van der Waals surface area contributed by atoms with Crippen molar-refractivity contribution in [2.45, 2.75) is 20.8 Å². The predicted molar refractivity (Wildman–Crippen MR) is 245 cm³/mol. The number of thiophene rings is 1. The van der Waals surface area contributed by atoms with Gasteiger partial charge in [-0.15, -0.1) is 11.3 Å². The van der Waals surface area contributed by atoms with Crippen LogP contribution in [0.15, 0.2) is 169 Å². The largest absolute Gasteiger partial charge is 0.337 e. The van der Waals surface area contributed by atoms with Gasteiger partial charge in [-0.25, -0.2) is 13.2 Å². The van der Waals surface area contributed by atoms with Crippen LogP contribution in [0, 0.1) is 47.3 Å². The highest BCUT2D eigenvalue weighted by molar-refractivity contribution is 7.18. The van der Waals surface area contributed by atoms with Crippen LogP contribution in [0.2, 0.25) is 0 Å². The molecule has 0 bridgehead atoms. The van der Waals surface area contributed by atoms with E-state index in [9.17, 15) is 5.26 Å². The molecule has 0 N–H and O–H groups in total. The third-order valence-corrected chi connectivity index (χ3v) is 12.1. The summed E-state index contributed by atoms with van der Waals surface area (Å²) in [7, 11) is 0. The number of nitrogens with zero attached hydrogens (tertiary/aromatic N) is 4. The minimum absolute atomic E-state index is 0.181. The minimum atomic E-state index is -0.703. The van der Waals surface area contributed by atoms with Crippen molar-refractivity contribution in [3.8, 4) is 17.2 Å². The summed E-state index contributed by atoms with van der Waals surface area (Å²) < 4.78 is 78.5. The number of allylic oxidation sites excluding steroid dienone is 5. The van der Waals surface area contributed by atoms with E-state index in [1.165, 1.54) is 53.8 Å². The number of hydrogen-bond acceptors (Lipinski definition) is 4. The summed E-state index contributed by atoms with van der Waals surface area (Å²) in [6.07, 6.45) is 7.20. The van der Waals surface area contributed by atoms with Crippen LogP contribution in [0.25, 0.3) is 16.7 Å². The highest BCUT2D eigenvalue weighted by atomic mass is 32.1. The fraction of sp³-hybridized carbons (Fsp3) is 0.0943. The van der Waals surface area contributed by atoms with Gasteiger partial charge in [0.1, 0.15) is 40.8 Å². The summed E-state index contributed by atoms with van der Waals surface area (Å²) in [5.74, 6) is -3.34. The molecule has 0 saturated heterocycles. The number of nitriles is 1. The molecule has 0 unspecified atom stereocenters. The average Bonchev–Trinajstić information content (AvgIpc) is 3.66. The van der Waals surface area contributed by atoms with Crippen molar-refractivity contribution in [3.05, 3.63) is 220 Å². The molecule has 6 aromatic carbocycles. The van der Waals surface area contributed by atoms with Gasteiger partial charge in [0.2, 0.25) is 5.71 Å². The lowest BCUT2D eigenvalue weighted by Gasteiger charge is -2.26. The molecule has 312 valence electrons. The first kappa shape index (κ1) is 42.3. The molecule has 7 aromatic rings. The smallest absolute Gasteiger partial charge is 0.277 e. The summed E-state index contributed by atoms with van der Waals surface area (Å²) in [5, 5.41) is 11.8. The van der Waals surface area contributed by atoms with E-state index in [0.29, 0.717) is 43.6 Å². The van der Waals surface area contributed by atoms with Gasteiger partial charge in [-0.3, -0.25) is 0 Å². The Hall–Kier alpha value is -7.35. The molecular weight excluding hydrogens is 820 g/mol. The van der Waals surface area contributed by atoms with E-state index in [1.807, 2.05) is 90.7 Å². The van der Waals surface area contributed by atoms with E-state index in [-0.39, 0.29) is 35.6 Å². The molecule has 0 amide bonds. The molecule has 0 atom stereocenters. The van der Waals surface area contributed by atoms with E-state index in [2.05, 4.69) is 6.07 Å². The number of benzene rings is 6. The SMILES string of the molecule is CCN(c1ccc(C(=C2C=CC(=[N+](CC)c3c(F)cccc3F)C=C2)c2sc(N(c3ccccc3)c3ccccc3C)c(C#N)c2-c2ccccc2F)cc1)c1c(F)cccc1F. The average molecular weight is 860 g/mol. The second kappa shape index (κ2) is 18.3. The van der Waals surface area contributed by atoms with Crippen LogP contribution < -0.4 is 9.80 Å². The highest BCUT2D eigenvalue weighted by Gasteiger charge is 2.31. The maximum absolute atomic E-state index is 16.3. The molecule has 1 aliphatic rings. The van der Waals surface area contributed by atoms with Crippen LogP contribution in [0.4, 0.5) is 55.4 Å². The quantitative estimate of drug-likeness (QED) is 0.0960. The van der Waals surface area contributed by atoms with Crippen molar-refractivity contribution >= 4 is 56.1 Å². The fourth-order valence-electron chi connectivity index (χ4n) is 8.01. The Balaban J connectivity index is 1.42. The maximum Gasteiger partial charge on any atom is 0.277 e. The van der Waals surface area contributed by atoms with Gasteiger partial charge < -0.3 is 9.80 Å². The number of para-hydroxylation sites is 4. The topological polar surface area (TPSA) is 33.3 Å². The van der Waals surface area contributed by atoms with Crippen LogP contribution in [-0.4, -0.2) is 23.4 Å². The van der Waals surface area contributed by atoms with Crippen LogP contribution >= 0.6 is 11.3 Å². The van der Waals surface area contributed by atoms with Gasteiger partial charge in [0.25, 0.3) is 5.69 Å². The number of hydrogen-bond donors (Lipinski definition) is 0. The van der Waals surface area contributed by atoms with Crippen molar-refractivity contribution in [3.63, 3.8) is 0 Å². The zero-order valence-electron chi connectivity index (χ0n) is 34.6. The highest BCUT2D eigenvalue weighted by Crippen LogP contribution is 2.52. The third kappa shape index (κ3) is 8.11. The lowest BCUT2D eigenvalue weighted by Crippen LogP contribution is -2.19. The molecule has 1 aromatic heterocycles. The minimum Gasteiger partial charge on any atom is -0.337 e. The zero-order valence-corrected chi connectivity index (χ0v) is 35.4. The Morgan fingerprint density at radius 2 is 1.22 bits per heavy atom. The van der Waals surface area contributed by atoms with Crippen LogP contribution in [-0.2, 0) is 0 Å². The van der Waals surface area contributed by atoms with Gasteiger partial charge >= 0.3 is 0 Å². The van der Waals surface area contributed by atoms with Gasteiger partial charge in [0.05, 0.1) is 5.56 Å². The molecular formula is C53H40F5N4S+. The Kier molecular flexibility index (Phi) is 12.3. The molecule has 0 saturated carbocycles. The third-order valence-electron chi connectivity index (χ3n) is 10.9. The molecule has 1 aliphatic carbocycles. The summed E-state index contributed by atoms with van der Waals surface area (Å²) in [5.41, 5.74) is 6.02. The van der Waals surface area contributed by atoms with Crippen LogP contribution in [0.3, 0.4) is 0 Å². The molecule has 10 heteroatoms. The monoisotopic (exact) mass is 859 g/mol. The lowest BCUT2D eigenvalue weighted by molar-refractivity contribution is -0.439. The van der Waals surface area contributed by atoms with E-state index >= 15 is 22.0 Å². The summed E-state index contributed by atoms with van der Waals surface area (Å²) >= 11 is 1.33. The normalized spacial score (nSPS) is 12.0. The standard InChI is InChI=1S/C53H40F5N4S/c1-4-60(50-43(55)20-13-21-44(50)56)37-29-25-35(26-30-37)48(36-27-31-38(32-28-36)61(5-2)51-45(57)22-14-23-46(51)58)52-49(40-18-10-11-19-42(40)54)41(33-59)53(63-52)62(39-16-7-6-8-17-39)47-24-12-9-15-34(47)3/h6-32H,4-5H2,1-3H3/q+1. The van der Waals surface area contributed by atoms with Crippen molar-refractivity contribution in [1.82, 2.24) is 0 Å². The molecule has 63 heavy (non-hydrogen) atoms. The first-order valence-electron chi connectivity index (χ1n) is 20.4. The molecule has 1 heterocycles. The van der Waals surface area contributed by atoms with E-state index in [0.717, 1.165) is 16.9 Å². The number of aryl methyl sites for hydroxylation is 1. The van der Waals surface area contributed by atoms with Crippen molar-refractivity contribution < 1.29 is 26.5 Å². The summed E-state index contributed by atoms with van der Waals surface area (Å²) in [6, 6.07) is 41.0. The van der Waals surface area contributed by atoms with E-state index in [4.69, 9.17) is 0 Å². The van der Waals surface area contributed by atoms with Gasteiger partial charge in [0, 0.05) is 57.3 Å². The fourth-order valence-corrected chi connectivity index (χ4v) is 9.40. The maximum atomic E-state index is 16.3. The number of anilines is 5. The first-order chi connectivity index (χ1) is 30.6. The van der Waals surface area contributed by atoms with Crippen LogP contribution in [0.5, 0.6) is 0 Å². The van der Waals surface area contributed by atoms with Gasteiger partial charge in [0.15, 0.2) is 11.6 Å². The number of halogens is 5. The first-order valence-corrected chi connectivity index (χ1v) is 21.2. The van der Waals surface area contributed by atoms with Crippen LogP contribution in [0.1, 0.15) is 35.4 Å². The Morgan fingerprint density at radius 1 is 0.635 bits per heavy atom. The molecule has 4 nitrogen and oxygen atoms in total. The predicted octanol–water partition coefficient (Wildman–Crippen LogP) is 14.7. The molecule has 0 radical (unpaired) electrons. The van der Waals surface area contributed by atoms with Gasteiger partial charge in [-0.2, -0.15) is 18.6 Å². The Bertz CT molecular complexity index is 2960. The molecule has 8 rings (SSSR count). The van der Waals surface area contributed by atoms with Crippen molar-refractivity contribution in [2.75, 3.05) is 22.9 Å². The van der Waals surface area contributed by atoms with Gasteiger partial charge in [-0.1, -0.05) is 78.9 Å². The van der Waals surface area contributed by atoms with Crippen molar-refractivity contribution in [1.29, 1.82) is 5.26 Å². The second-order valence-electron chi connectivity index (χ2n) is 14.6. The van der Waals surface area contributed by atoms with E-state index < -0.39 is 29.1 Å². The summed E-state index contributed by atoms with van der Waals surface area (Å²) in [6.45, 7) is 6.12. The Morgan fingerprint density at radius 3 is 1.83 bits per heavy atom. The Labute approximate surface area is 367 Å². The molecule has 0 fully saturated rings. The second-order valence-corrected chi connectivity index (χ2v) is 15.6. The molecule has 0 aliphatic heterocycles. The van der Waals surface area contributed by atoms with Crippen molar-refractivity contribution in [2.24, 2.45) is 0 Å². The lowest BCUT2D eigenvalue weighted by atomic mass is 9.90. The van der Waals surface area contributed by atoms with E-state index in [1.54, 1.807) is 65.8 Å².